The number of rotatable bonds is 5. The first-order chi connectivity index (χ1) is 13.1. The number of anilines is 1. The maximum absolute atomic E-state index is 12.7. The highest BCUT2D eigenvalue weighted by atomic mass is 32.2. The highest BCUT2D eigenvalue weighted by Crippen LogP contribution is 2.32. The summed E-state index contributed by atoms with van der Waals surface area (Å²) in [5, 5.41) is 5.15. The van der Waals surface area contributed by atoms with E-state index < -0.39 is 15.9 Å². The Kier molecular flexibility index (Phi) is 5.72. The highest BCUT2D eigenvalue weighted by Gasteiger charge is 2.20. The zero-order valence-corrected chi connectivity index (χ0v) is 18.7. The zero-order valence-electron chi connectivity index (χ0n) is 16.2. The maximum atomic E-state index is 12.7. The number of carbonyl (C=O) groups excluding carboxylic acids is 1. The zero-order chi connectivity index (χ0) is 20.6. The van der Waals surface area contributed by atoms with E-state index in [9.17, 15) is 13.2 Å². The molecule has 0 saturated carbocycles. The van der Waals surface area contributed by atoms with Gasteiger partial charge in [0, 0.05) is 26.3 Å². The standard InChI is InChI=1S/C19H21N3O3S3/c1-10-6-14(8-17(12(10)3)28(24,25)20-5)18(23)22-19-21-16(9-26-19)15-7-11(2)27-13(15)4/h6-9,20H,1-5H3,(H,21,22,23). The van der Waals surface area contributed by atoms with Crippen LogP contribution in [0.5, 0.6) is 0 Å². The third kappa shape index (κ3) is 4.02. The number of hydrogen-bond acceptors (Lipinski definition) is 6. The fourth-order valence-electron chi connectivity index (χ4n) is 2.86. The van der Waals surface area contributed by atoms with Crippen LogP contribution in [-0.2, 0) is 10.0 Å². The second kappa shape index (κ2) is 7.75. The third-order valence-electron chi connectivity index (χ3n) is 4.48. The summed E-state index contributed by atoms with van der Waals surface area (Å²) in [6, 6.07) is 5.16. The second-order valence-corrected chi connectivity index (χ2v) is 10.6. The Morgan fingerprint density at radius 1 is 1.11 bits per heavy atom. The minimum absolute atomic E-state index is 0.101. The molecule has 3 aromatic rings. The molecule has 28 heavy (non-hydrogen) atoms. The number of aromatic nitrogens is 1. The van der Waals surface area contributed by atoms with Gasteiger partial charge in [0.25, 0.3) is 5.91 Å². The van der Waals surface area contributed by atoms with Crippen LogP contribution in [0.2, 0.25) is 0 Å². The van der Waals surface area contributed by atoms with Crippen molar-refractivity contribution in [3.8, 4) is 11.3 Å². The van der Waals surface area contributed by atoms with Gasteiger partial charge in [0.05, 0.1) is 10.6 Å². The molecule has 0 aliphatic heterocycles. The fraction of sp³-hybridized carbons (Fsp3) is 0.263. The van der Waals surface area contributed by atoms with E-state index in [0.717, 1.165) is 16.8 Å². The molecule has 2 aromatic heterocycles. The normalized spacial score (nSPS) is 11.6. The largest absolute Gasteiger partial charge is 0.298 e. The molecule has 0 fully saturated rings. The Hall–Kier alpha value is -2.07. The summed E-state index contributed by atoms with van der Waals surface area (Å²) in [5.41, 5.74) is 3.50. The number of benzene rings is 1. The van der Waals surface area contributed by atoms with Gasteiger partial charge in [0.1, 0.15) is 0 Å². The molecule has 3 rings (SSSR count). The van der Waals surface area contributed by atoms with E-state index in [1.165, 1.54) is 34.2 Å². The number of carbonyl (C=O) groups is 1. The number of amides is 1. The second-order valence-electron chi connectivity index (χ2n) is 6.44. The lowest BCUT2D eigenvalue weighted by Gasteiger charge is -2.12. The molecule has 0 atom stereocenters. The Bertz CT molecular complexity index is 1160. The van der Waals surface area contributed by atoms with E-state index in [4.69, 9.17) is 0 Å². The Morgan fingerprint density at radius 2 is 1.82 bits per heavy atom. The Balaban J connectivity index is 1.89. The van der Waals surface area contributed by atoms with Crippen molar-refractivity contribution in [1.29, 1.82) is 0 Å². The first-order valence-electron chi connectivity index (χ1n) is 8.51. The van der Waals surface area contributed by atoms with Gasteiger partial charge in [-0.05, 0) is 64.1 Å². The molecule has 2 heterocycles. The van der Waals surface area contributed by atoms with Crippen LogP contribution in [0.15, 0.2) is 28.5 Å². The first kappa shape index (κ1) is 20.7. The first-order valence-corrected chi connectivity index (χ1v) is 11.7. The molecule has 2 N–H and O–H groups in total. The van der Waals surface area contributed by atoms with Gasteiger partial charge in [0.2, 0.25) is 10.0 Å². The van der Waals surface area contributed by atoms with Gasteiger partial charge in [-0.3, -0.25) is 10.1 Å². The molecule has 148 valence electrons. The molecule has 0 saturated heterocycles. The molecule has 1 amide bonds. The fourth-order valence-corrected chi connectivity index (χ4v) is 5.56. The van der Waals surface area contributed by atoms with E-state index >= 15 is 0 Å². The monoisotopic (exact) mass is 435 g/mol. The van der Waals surface area contributed by atoms with Crippen molar-refractivity contribution >= 4 is 43.7 Å². The quantitative estimate of drug-likeness (QED) is 0.627. The van der Waals surface area contributed by atoms with E-state index in [-0.39, 0.29) is 10.5 Å². The predicted octanol–water partition coefficient (Wildman–Crippen LogP) is 4.27. The molecule has 0 radical (unpaired) electrons. The van der Waals surface area contributed by atoms with Gasteiger partial charge in [-0.2, -0.15) is 0 Å². The van der Waals surface area contributed by atoms with Crippen molar-refractivity contribution in [2.45, 2.75) is 32.6 Å². The number of thiazole rings is 1. The van der Waals surface area contributed by atoms with Crippen LogP contribution in [0.4, 0.5) is 5.13 Å². The molecule has 0 spiro atoms. The third-order valence-corrected chi connectivity index (χ3v) is 7.75. The van der Waals surface area contributed by atoms with E-state index in [1.807, 2.05) is 19.2 Å². The molecule has 0 aliphatic rings. The van der Waals surface area contributed by atoms with Gasteiger partial charge < -0.3 is 0 Å². The highest BCUT2D eigenvalue weighted by molar-refractivity contribution is 7.89. The lowest BCUT2D eigenvalue weighted by Crippen LogP contribution is -2.21. The summed E-state index contributed by atoms with van der Waals surface area (Å²) < 4.78 is 26.8. The van der Waals surface area contributed by atoms with Crippen LogP contribution in [-0.4, -0.2) is 26.4 Å². The number of thiophene rings is 1. The maximum Gasteiger partial charge on any atom is 0.257 e. The van der Waals surface area contributed by atoms with Gasteiger partial charge in [-0.15, -0.1) is 22.7 Å². The van der Waals surface area contributed by atoms with Crippen LogP contribution in [0.1, 0.15) is 31.2 Å². The topological polar surface area (TPSA) is 88.2 Å². The van der Waals surface area contributed by atoms with E-state index in [2.05, 4.69) is 21.1 Å². The van der Waals surface area contributed by atoms with Crippen LogP contribution >= 0.6 is 22.7 Å². The van der Waals surface area contributed by atoms with Crippen molar-refractivity contribution in [2.24, 2.45) is 0 Å². The summed E-state index contributed by atoms with van der Waals surface area (Å²) in [4.78, 5) is 19.7. The van der Waals surface area contributed by atoms with Crippen LogP contribution in [0.25, 0.3) is 11.3 Å². The molecule has 9 heteroatoms. The average Bonchev–Trinajstić information content (AvgIpc) is 3.22. The van der Waals surface area contributed by atoms with Crippen molar-refractivity contribution in [2.75, 3.05) is 12.4 Å². The predicted molar refractivity (Wildman–Crippen MR) is 115 cm³/mol. The van der Waals surface area contributed by atoms with Crippen molar-refractivity contribution in [3.63, 3.8) is 0 Å². The van der Waals surface area contributed by atoms with Crippen molar-refractivity contribution in [1.82, 2.24) is 9.71 Å². The summed E-state index contributed by atoms with van der Waals surface area (Å²) in [6.45, 7) is 7.60. The van der Waals surface area contributed by atoms with Crippen LogP contribution in [0, 0.1) is 27.7 Å². The number of sulfonamides is 1. The van der Waals surface area contributed by atoms with Crippen molar-refractivity contribution in [3.05, 3.63) is 50.0 Å². The Morgan fingerprint density at radius 3 is 2.43 bits per heavy atom. The van der Waals surface area contributed by atoms with Crippen molar-refractivity contribution < 1.29 is 13.2 Å². The smallest absolute Gasteiger partial charge is 0.257 e. The van der Waals surface area contributed by atoms with Gasteiger partial charge >= 0.3 is 0 Å². The summed E-state index contributed by atoms with van der Waals surface area (Å²) in [6.07, 6.45) is 0. The van der Waals surface area contributed by atoms with E-state index in [1.54, 1.807) is 31.3 Å². The summed E-state index contributed by atoms with van der Waals surface area (Å²) >= 11 is 3.05. The molecule has 0 unspecified atom stereocenters. The number of nitrogens with zero attached hydrogens (tertiary/aromatic N) is 1. The number of hydrogen-bond donors (Lipinski definition) is 2. The van der Waals surface area contributed by atoms with Gasteiger partial charge in [-0.25, -0.2) is 18.1 Å². The SMILES string of the molecule is CNS(=O)(=O)c1cc(C(=O)Nc2nc(-c3cc(C)sc3C)cs2)cc(C)c1C. The average molecular weight is 436 g/mol. The number of nitrogens with one attached hydrogen (secondary N) is 2. The molecular formula is C19H21N3O3S3. The summed E-state index contributed by atoms with van der Waals surface area (Å²) in [7, 11) is -2.31. The molecule has 6 nitrogen and oxygen atoms in total. The van der Waals surface area contributed by atoms with Crippen LogP contribution < -0.4 is 10.0 Å². The van der Waals surface area contributed by atoms with E-state index in [0.29, 0.717) is 10.7 Å². The lowest BCUT2D eigenvalue weighted by molar-refractivity contribution is 0.102. The molecule has 1 aromatic carbocycles. The molecule has 0 aliphatic carbocycles. The summed E-state index contributed by atoms with van der Waals surface area (Å²) in [5.74, 6) is -0.394. The lowest BCUT2D eigenvalue weighted by atomic mass is 10.1. The minimum atomic E-state index is -3.66. The van der Waals surface area contributed by atoms with Gasteiger partial charge in [-0.1, -0.05) is 0 Å². The molecule has 0 bridgehead atoms. The minimum Gasteiger partial charge on any atom is -0.298 e. The van der Waals surface area contributed by atoms with Gasteiger partial charge in [0.15, 0.2) is 5.13 Å². The van der Waals surface area contributed by atoms with Crippen LogP contribution in [0.3, 0.4) is 0 Å². The number of aryl methyl sites for hydroxylation is 3. The molecular weight excluding hydrogens is 414 g/mol. The Labute approximate surface area is 172 Å².